The van der Waals surface area contributed by atoms with Gasteiger partial charge >= 0.3 is 41.1 Å². The molecule has 0 fully saturated rings. The molecule has 0 radical (unpaired) electrons. The van der Waals surface area contributed by atoms with E-state index < -0.39 is 5.43 Å². The van der Waals surface area contributed by atoms with Crippen LogP contribution >= 0.6 is 104 Å². The molecule has 17 nitrogen and oxygen atoms in total. The van der Waals surface area contributed by atoms with Crippen LogP contribution < -0.4 is 68.6 Å². The van der Waals surface area contributed by atoms with E-state index >= 15 is 0 Å². The zero-order valence-electron chi connectivity index (χ0n) is 86.6. The number of amides is 1. The van der Waals surface area contributed by atoms with Crippen LogP contribution in [-0.2, 0) is 0 Å². The maximum atomic E-state index is 13.0. The number of carbonyl (C=O) groups is 2. The van der Waals surface area contributed by atoms with E-state index in [2.05, 4.69) is 248 Å². The Labute approximate surface area is 941 Å². The Morgan fingerprint density at radius 3 is 0.852 bits per heavy atom. The fourth-order valence-corrected chi connectivity index (χ4v) is 19.7. The summed E-state index contributed by atoms with van der Waals surface area (Å²) in [6, 6.07) is 122. The van der Waals surface area contributed by atoms with Gasteiger partial charge in [-0.1, -0.05) is 273 Å². The van der Waals surface area contributed by atoms with E-state index in [0.717, 1.165) is 119 Å². The third kappa shape index (κ3) is 43.1. The molecule has 6 atom stereocenters. The molecule has 6 aromatic heterocycles. The maximum Gasteiger partial charge on any atom is 1.00 e. The zero-order chi connectivity index (χ0) is 103. The third-order valence-corrected chi connectivity index (χ3v) is 28.4. The van der Waals surface area contributed by atoms with Crippen molar-refractivity contribution >= 4 is 170 Å². The van der Waals surface area contributed by atoms with Crippen molar-refractivity contribution in [1.82, 2.24) is 30.2 Å². The van der Waals surface area contributed by atoms with Gasteiger partial charge in [0, 0.05) is 127 Å². The van der Waals surface area contributed by atoms with Crippen molar-refractivity contribution < 1.29 is 88.7 Å². The third-order valence-electron chi connectivity index (χ3n) is 22.5. The van der Waals surface area contributed by atoms with Gasteiger partial charge in [0.25, 0.3) is 0 Å². The second kappa shape index (κ2) is 69.2. The number of fused-ring (bicyclic) bond motifs is 5. The Hall–Kier alpha value is -11.4. The minimum Gasteiger partial charge on any atom is -1.00 e. The van der Waals surface area contributed by atoms with E-state index in [1.54, 1.807) is 153 Å². The summed E-state index contributed by atoms with van der Waals surface area (Å²) in [4.78, 5) is 37.6. The first kappa shape index (κ1) is 123. The van der Waals surface area contributed by atoms with Gasteiger partial charge in [0.2, 0.25) is 0 Å². The van der Waals surface area contributed by atoms with Crippen LogP contribution in [-0.4, -0.2) is 149 Å². The van der Waals surface area contributed by atoms with Crippen molar-refractivity contribution in [2.24, 2.45) is 0 Å². The topological polar surface area (TPSA) is 187 Å². The minimum atomic E-state index is -0.814. The molecular weight excluding hydrogens is 2050 g/mol. The number of aliphatic hydroxyl groups is 2. The number of aliphatic hydroxyl groups excluding tert-OH is 2. The minimum absolute atomic E-state index is 0. The first-order chi connectivity index (χ1) is 71.2. The molecule has 5 N–H and O–H groups in total. The van der Waals surface area contributed by atoms with Crippen LogP contribution in [0.3, 0.4) is 0 Å². The van der Waals surface area contributed by atoms with Crippen LogP contribution in [0.4, 0.5) is 14.0 Å². The number of phenolic OH excluding ortho intramolecular Hbond substituents is 1. The summed E-state index contributed by atoms with van der Waals surface area (Å²) >= 11 is 15.1. The van der Waals surface area contributed by atoms with Crippen LogP contribution in [0.1, 0.15) is 106 Å². The molecule has 6 heterocycles. The number of rotatable bonds is 34. The number of phenols is 1. The molecule has 149 heavy (non-hydrogen) atoms. The van der Waals surface area contributed by atoms with Gasteiger partial charge in [-0.15, -0.1) is 92.8 Å². The van der Waals surface area contributed by atoms with E-state index in [9.17, 15) is 24.2 Å². The van der Waals surface area contributed by atoms with Crippen molar-refractivity contribution in [1.29, 1.82) is 0 Å². The van der Waals surface area contributed by atoms with Crippen LogP contribution in [0.5, 0.6) is 40.2 Å². The molecule has 13 aromatic carbocycles. The zero-order valence-corrected chi connectivity index (χ0v) is 94.9. The number of hydrogen-bond acceptors (Lipinski definition) is 22. The fourth-order valence-electron chi connectivity index (χ4n) is 14.9. The van der Waals surface area contributed by atoms with Crippen molar-refractivity contribution in [3.8, 4) is 40.2 Å². The Bertz CT molecular complexity index is 6640. The monoisotopic (exact) mass is 2180 g/mol. The van der Waals surface area contributed by atoms with E-state index in [-0.39, 0.29) is 104 Å². The second-order valence-corrected chi connectivity index (χ2v) is 40.5. The number of aromatic hydroxyl groups is 1. The van der Waals surface area contributed by atoms with Gasteiger partial charge in [-0.2, -0.15) is 0 Å². The van der Waals surface area contributed by atoms with Gasteiger partial charge in [0.1, 0.15) is 70.5 Å². The molecule has 19 rings (SSSR count). The number of carbonyl (C=O) groups excluding carboxylic acids is 2. The number of thiophene rings is 6. The molecule has 1 unspecified atom stereocenters. The van der Waals surface area contributed by atoms with E-state index in [0.29, 0.717) is 35.6 Å². The Kier molecular flexibility index (Phi) is 57.0. The molecule has 0 saturated carbocycles. The molecule has 0 aliphatic carbocycles. The van der Waals surface area contributed by atoms with Gasteiger partial charge in [0.15, 0.2) is 0 Å². The molecule has 0 aliphatic rings. The molecule has 19 aromatic rings. The summed E-state index contributed by atoms with van der Waals surface area (Å²) in [5, 5.41) is 57.7. The predicted molar refractivity (Wildman–Crippen MR) is 627 cm³/mol. The number of nitrogens with zero attached hydrogens (tertiary/aromatic N) is 4. The summed E-state index contributed by atoms with van der Waals surface area (Å²) in [7, 11) is 18.0. The van der Waals surface area contributed by atoms with E-state index in [4.69, 9.17) is 40.4 Å². The average Bonchev–Trinajstić information content (AvgIpc) is 0.961. The summed E-state index contributed by atoms with van der Waals surface area (Å²) in [6.07, 6.45) is 4.39. The summed E-state index contributed by atoms with van der Waals surface area (Å²) < 4.78 is 48.5. The molecule has 28 heteroatoms. The SMILES string of the molecule is CN(C)CCC(O)c1cccs1.CN(C)CC[C@H](O)c1cccs1.CN(C)CC[C@H](Oc1cccc2ccccc12)c1cccs1.CN(CC[C@H](Oc1cccc2ccccc12)c1cccs1)C(=O)Oc1ccccc1.CNCC[C@H](Oc1cccc2ccccc12)c1cccs1.CNCC[C@H](Oc1cccc2ccccc12)c1cccs1.Cl.Cl.Fc1cccc2ccccc12.O=C(Cl)Oc1ccccc1.Oc1ccccc1.[H-].[Na+]. The normalized spacial score (nSPS) is 11.7. The Morgan fingerprint density at radius 2 is 0.570 bits per heavy atom. The fraction of sp³-hybridized carbons (Fsp3) is 0.223. The van der Waals surface area contributed by atoms with Gasteiger partial charge in [-0.05, 0) is 245 Å². The Balaban J connectivity index is 0.000000234. The van der Waals surface area contributed by atoms with Gasteiger partial charge in [-0.25, -0.2) is 14.0 Å². The number of benzene rings is 13. The van der Waals surface area contributed by atoms with Gasteiger partial charge in [0.05, 0.1) is 12.2 Å². The van der Waals surface area contributed by atoms with Gasteiger partial charge in [-0.3, -0.25) is 0 Å². The van der Waals surface area contributed by atoms with Crippen molar-refractivity contribution in [3.05, 3.63) is 443 Å². The number of para-hydroxylation sites is 3. The van der Waals surface area contributed by atoms with Crippen LogP contribution in [0, 0.1) is 5.82 Å². The first-order valence-corrected chi connectivity index (χ1v) is 54.0. The van der Waals surface area contributed by atoms with E-state index in [1.807, 2.05) is 168 Å². The van der Waals surface area contributed by atoms with Gasteiger partial charge < -0.3 is 75.4 Å². The quantitative estimate of drug-likeness (QED) is 0.0189. The van der Waals surface area contributed by atoms with Crippen LogP contribution in [0.2, 0.25) is 0 Å². The predicted octanol–water partition coefficient (Wildman–Crippen LogP) is 29.0. The average molecular weight is 2190 g/mol. The molecule has 1 amide bonds. The smallest absolute Gasteiger partial charge is 1.00 e. The summed E-state index contributed by atoms with van der Waals surface area (Å²) in [5.41, 5.74) is -0.814. The number of halogens is 4. The molecule has 0 aliphatic heterocycles. The van der Waals surface area contributed by atoms with Crippen LogP contribution in [0.15, 0.2) is 408 Å². The molecule has 0 spiro atoms. The largest absolute Gasteiger partial charge is 1.00 e. The second-order valence-electron chi connectivity index (χ2n) is 34.4. The van der Waals surface area contributed by atoms with Crippen molar-refractivity contribution in [3.63, 3.8) is 0 Å². The summed E-state index contributed by atoms with van der Waals surface area (Å²) in [5.74, 6) is 4.91. The number of hydrogen-bond donors (Lipinski definition) is 5. The van der Waals surface area contributed by atoms with Crippen molar-refractivity contribution in [2.45, 2.75) is 75.1 Å². The standard InChI is InChI=1S/C25H23NO3S.C19H21NOS.2C18H19NOS.C10H7F.2C9H15NOS.C7H5ClO2.C6H6O.2ClH.Na.H/c1-26(25(27)28-20-11-3-2-4-12-20)17-16-23(24-15-8-18-30-24)29-22-14-7-10-19-9-5-6-13-21(19)22;1-20(2)13-12-18(19-11-6-14-22-19)21-17-10-5-8-15-7-3-4-9-16(15)17;2*1-19-12-11-17(18-10-5-13-21-18)20-16-9-4-7-14-6-2-3-8-15(14)16;11-10-7-3-5-8-4-1-2-6-9(8)10;2*1-10(2)6-5-8(11)9-4-3-7-12-9;8-7(9)10-6-4-2-1-3-5-6;7-6-4-2-1-3-5-6;;;;/h2-15,18,23H,16-17H2,1H3;3-11,14,18H,12-13H2,1-2H3;2*2-10,13,17,19H,11-12H2,1H3;1-7H;2*3-4,7-8,11H,5-6H2,1-2H3;1-5H;1-5,7H;2*1H;;/q;;;;;;;;;;;+1;-1/t23-;18-;2*17-;;8-;;;;;;;/m0000.0......./s1. The number of nitrogens with one attached hydrogen (secondary N) is 2. The van der Waals surface area contributed by atoms with Crippen LogP contribution in [0.25, 0.3) is 53.9 Å². The molecule has 0 saturated heterocycles. The summed E-state index contributed by atoms with van der Waals surface area (Å²) in [6.45, 7) is 5.26. The van der Waals surface area contributed by atoms with E-state index in [1.165, 1.54) is 53.0 Å². The first-order valence-electron chi connectivity index (χ1n) is 48.3. The van der Waals surface area contributed by atoms with Crippen molar-refractivity contribution in [2.75, 3.05) is 103 Å². The molecule has 778 valence electrons. The molecular formula is C121H133Cl3FN6NaO11S6. The molecule has 0 bridgehead atoms. The Morgan fingerprint density at radius 1 is 0.315 bits per heavy atom. The number of ether oxygens (including phenoxy) is 6. The maximum absolute atomic E-state index is 13.0.